The molecule has 0 radical (unpaired) electrons. The van der Waals surface area contributed by atoms with Gasteiger partial charge in [0, 0.05) is 55.9 Å². The average Bonchev–Trinajstić information content (AvgIpc) is 3.84. The van der Waals surface area contributed by atoms with Crippen LogP contribution in [0.25, 0.3) is 22.4 Å². The number of aromatic amines is 1. The lowest BCUT2D eigenvalue weighted by atomic mass is 9.97. The van der Waals surface area contributed by atoms with Gasteiger partial charge in [-0.3, -0.25) is 9.59 Å². The molecule has 2 aliphatic heterocycles. The molecule has 2 aromatic heterocycles. The number of rotatable bonds is 9. The number of amides is 3. The summed E-state index contributed by atoms with van der Waals surface area (Å²) in [4.78, 5) is 54.6. The summed E-state index contributed by atoms with van der Waals surface area (Å²) < 4.78 is 47.9. The van der Waals surface area contributed by atoms with Gasteiger partial charge in [0.25, 0.3) is 5.91 Å². The van der Waals surface area contributed by atoms with Crippen molar-refractivity contribution in [3.8, 4) is 22.4 Å². The molecule has 6 rings (SSSR count). The summed E-state index contributed by atoms with van der Waals surface area (Å²) in [7, 11) is 1.24. The number of benzene rings is 2. The number of alkyl halides is 3. The molecule has 12 nitrogen and oxygen atoms in total. The molecule has 4 N–H and O–H groups in total. The fourth-order valence-corrected chi connectivity index (χ4v) is 6.85. The van der Waals surface area contributed by atoms with E-state index in [0.717, 1.165) is 37.9 Å². The Morgan fingerprint density at radius 2 is 1.77 bits per heavy atom. The number of hydrogen-bond donors (Lipinski definition) is 4. The largest absolute Gasteiger partial charge is 0.453 e. The molecule has 0 aliphatic carbocycles. The van der Waals surface area contributed by atoms with Crippen molar-refractivity contribution >= 4 is 29.4 Å². The third-order valence-electron chi connectivity index (χ3n) is 9.72. The van der Waals surface area contributed by atoms with Crippen molar-refractivity contribution in [1.82, 2.24) is 30.5 Å². The monoisotopic (exact) mass is 732 g/mol. The second-order valence-corrected chi connectivity index (χ2v) is 13.7. The van der Waals surface area contributed by atoms with Gasteiger partial charge in [-0.1, -0.05) is 44.2 Å². The fourth-order valence-electron chi connectivity index (χ4n) is 6.85. The van der Waals surface area contributed by atoms with Gasteiger partial charge in [-0.15, -0.1) is 0 Å². The van der Waals surface area contributed by atoms with Crippen molar-refractivity contribution in [2.75, 3.05) is 43.5 Å². The molecule has 0 saturated carbocycles. The third kappa shape index (κ3) is 8.30. The first kappa shape index (κ1) is 37.3. The minimum Gasteiger partial charge on any atom is -0.453 e. The number of hydrogen-bond acceptors (Lipinski definition) is 8. The van der Waals surface area contributed by atoms with Crippen LogP contribution in [0.3, 0.4) is 0 Å². The summed E-state index contributed by atoms with van der Waals surface area (Å²) in [6, 6.07) is 12.8. The number of methoxy groups -OCH3 is 1. The van der Waals surface area contributed by atoms with Crippen molar-refractivity contribution in [2.24, 2.45) is 5.92 Å². The summed E-state index contributed by atoms with van der Waals surface area (Å²) >= 11 is 0. The molecule has 0 unspecified atom stereocenters. The van der Waals surface area contributed by atoms with Gasteiger partial charge in [0.1, 0.15) is 17.7 Å². The fraction of sp³-hybridized carbons (Fsp3) is 0.395. The maximum atomic E-state index is 14.4. The molecule has 2 saturated heterocycles. The van der Waals surface area contributed by atoms with Gasteiger partial charge < -0.3 is 35.5 Å². The smallest absolute Gasteiger partial charge is 0.417 e. The standard InChI is InChI=1S/C38H43F3N8O4/c1-22(2)33(47-37(52)53-4)36(51)49-16-5-6-31(49)34-44-21-30(46-34)25-9-7-24(8-10-25)28-13-12-27(18-29(28)38(39,40)41)45-35(50)26-11-14-32(43-20-26)48-17-15-42-19-23(48)3/h7-14,18,20-23,31,33,42H,5-6,15-17,19H2,1-4H3,(H,44,46)(H,45,50)(H,47,52)/t23-,31+,33+/m1/s1. The van der Waals surface area contributed by atoms with Crippen molar-refractivity contribution in [1.29, 1.82) is 0 Å². The molecule has 0 bridgehead atoms. The molecule has 3 amide bonds. The summed E-state index contributed by atoms with van der Waals surface area (Å²) in [6.07, 6.45) is -0.812. The van der Waals surface area contributed by atoms with E-state index in [0.29, 0.717) is 35.6 Å². The van der Waals surface area contributed by atoms with E-state index in [1.54, 1.807) is 47.5 Å². The van der Waals surface area contributed by atoms with E-state index in [2.05, 4.69) is 37.7 Å². The summed E-state index contributed by atoms with van der Waals surface area (Å²) in [5.41, 5.74) is 0.878. The van der Waals surface area contributed by atoms with E-state index in [-0.39, 0.29) is 40.7 Å². The normalized spacial score (nSPS) is 18.2. The Kier molecular flexibility index (Phi) is 11.0. The lowest BCUT2D eigenvalue weighted by Gasteiger charge is -2.34. The molecule has 280 valence electrons. The molecule has 3 atom stereocenters. The van der Waals surface area contributed by atoms with Crippen LogP contribution in [0.5, 0.6) is 0 Å². The molecular weight excluding hydrogens is 689 g/mol. The third-order valence-corrected chi connectivity index (χ3v) is 9.72. The molecule has 15 heteroatoms. The highest BCUT2D eigenvalue weighted by Crippen LogP contribution is 2.39. The number of piperazine rings is 1. The lowest BCUT2D eigenvalue weighted by Crippen LogP contribution is -2.51. The van der Waals surface area contributed by atoms with Crippen LogP contribution in [-0.4, -0.2) is 83.1 Å². The minimum absolute atomic E-state index is 0.00628. The van der Waals surface area contributed by atoms with Crippen LogP contribution >= 0.6 is 0 Å². The SMILES string of the molecule is COC(=O)N[C@H](C(=O)N1CCC[C@H]1c1nc(-c2ccc(-c3ccc(NC(=O)c4ccc(N5CCNC[C@H]5C)nc4)cc3C(F)(F)F)cc2)c[nH]1)C(C)C. The van der Waals surface area contributed by atoms with E-state index in [1.165, 1.54) is 25.4 Å². The Bertz CT molecular complexity index is 1930. The van der Waals surface area contributed by atoms with Crippen LogP contribution in [0.2, 0.25) is 0 Å². The van der Waals surface area contributed by atoms with Gasteiger partial charge in [-0.25, -0.2) is 14.8 Å². The minimum atomic E-state index is -4.69. The molecule has 4 aromatic rings. The lowest BCUT2D eigenvalue weighted by molar-refractivity contribution is -0.137. The van der Waals surface area contributed by atoms with Gasteiger partial charge in [0.15, 0.2) is 0 Å². The number of nitrogens with zero attached hydrogens (tertiary/aromatic N) is 4. The second-order valence-electron chi connectivity index (χ2n) is 13.7. The van der Waals surface area contributed by atoms with Crippen molar-refractivity contribution in [3.63, 3.8) is 0 Å². The van der Waals surface area contributed by atoms with E-state index in [4.69, 9.17) is 9.72 Å². The topological polar surface area (TPSA) is 145 Å². The molecule has 53 heavy (non-hydrogen) atoms. The summed E-state index contributed by atoms with van der Waals surface area (Å²) in [6.45, 7) is 8.69. The molecule has 2 aromatic carbocycles. The number of H-pyrrole nitrogens is 1. The van der Waals surface area contributed by atoms with Crippen molar-refractivity contribution < 1.29 is 32.3 Å². The first-order valence-electron chi connectivity index (χ1n) is 17.6. The zero-order valence-electron chi connectivity index (χ0n) is 30.0. The highest BCUT2D eigenvalue weighted by atomic mass is 19.4. The van der Waals surface area contributed by atoms with Crippen LogP contribution < -0.4 is 20.9 Å². The van der Waals surface area contributed by atoms with E-state index >= 15 is 0 Å². The van der Waals surface area contributed by atoms with Crippen LogP contribution in [0, 0.1) is 5.92 Å². The number of anilines is 2. The number of halogens is 3. The Hall–Kier alpha value is -5.44. The highest BCUT2D eigenvalue weighted by Gasteiger charge is 2.38. The maximum absolute atomic E-state index is 14.4. The first-order valence-corrected chi connectivity index (χ1v) is 17.6. The number of carbonyl (C=O) groups excluding carboxylic acids is 3. The van der Waals surface area contributed by atoms with Crippen LogP contribution in [0.4, 0.5) is 29.5 Å². The van der Waals surface area contributed by atoms with Crippen LogP contribution in [-0.2, 0) is 15.7 Å². The number of aromatic nitrogens is 3. The number of carbonyl (C=O) groups is 3. The van der Waals surface area contributed by atoms with Gasteiger partial charge >= 0.3 is 12.3 Å². The Labute approximate surface area is 305 Å². The van der Waals surface area contributed by atoms with Gasteiger partial charge in [0.05, 0.1) is 30.0 Å². The zero-order valence-corrected chi connectivity index (χ0v) is 30.0. The Morgan fingerprint density at radius 3 is 2.43 bits per heavy atom. The number of likely N-dealkylation sites (tertiary alicyclic amines) is 1. The molecular formula is C38H43F3N8O4. The summed E-state index contributed by atoms with van der Waals surface area (Å²) in [5.74, 6) is 0.343. The van der Waals surface area contributed by atoms with Gasteiger partial charge in [-0.2, -0.15) is 13.2 Å². The highest BCUT2D eigenvalue weighted by molar-refractivity contribution is 6.04. The van der Waals surface area contributed by atoms with Crippen LogP contribution in [0.15, 0.2) is 67.0 Å². The van der Waals surface area contributed by atoms with E-state index in [1.807, 2.05) is 13.8 Å². The Balaban J connectivity index is 1.16. The number of imidazole rings is 1. The Morgan fingerprint density at radius 1 is 1.02 bits per heavy atom. The summed E-state index contributed by atoms with van der Waals surface area (Å²) in [5, 5.41) is 8.53. The zero-order chi connectivity index (χ0) is 37.9. The molecule has 2 fully saturated rings. The predicted molar refractivity (Wildman–Crippen MR) is 194 cm³/mol. The van der Waals surface area contributed by atoms with E-state index < -0.39 is 29.8 Å². The van der Waals surface area contributed by atoms with E-state index in [9.17, 15) is 27.6 Å². The second kappa shape index (κ2) is 15.7. The molecule has 4 heterocycles. The number of pyridine rings is 1. The average molecular weight is 733 g/mol. The van der Waals surface area contributed by atoms with Gasteiger partial charge in [0.2, 0.25) is 5.91 Å². The number of nitrogens with one attached hydrogen (secondary N) is 4. The predicted octanol–water partition coefficient (Wildman–Crippen LogP) is 6.25. The van der Waals surface area contributed by atoms with Crippen molar-refractivity contribution in [2.45, 2.75) is 57.9 Å². The number of alkyl carbamates (subject to hydrolysis) is 1. The molecule has 2 aliphatic rings. The maximum Gasteiger partial charge on any atom is 0.417 e. The quantitative estimate of drug-likeness (QED) is 0.158. The van der Waals surface area contributed by atoms with Gasteiger partial charge in [-0.05, 0) is 61.1 Å². The van der Waals surface area contributed by atoms with Crippen molar-refractivity contribution in [3.05, 3.63) is 83.9 Å². The molecule has 0 spiro atoms. The number of ether oxygens (including phenoxy) is 1. The first-order chi connectivity index (χ1) is 25.3. The van der Waals surface area contributed by atoms with Crippen LogP contribution in [0.1, 0.15) is 61.4 Å².